The van der Waals surface area contributed by atoms with Gasteiger partial charge in [0, 0.05) is 12.6 Å². The summed E-state index contributed by atoms with van der Waals surface area (Å²) in [6.07, 6.45) is 0. The number of carboxylic acid groups (broad SMARTS) is 1. The number of aryl methyl sites for hydroxylation is 1. The first kappa shape index (κ1) is 17.7. The van der Waals surface area contributed by atoms with Crippen molar-refractivity contribution in [2.45, 2.75) is 0 Å². The van der Waals surface area contributed by atoms with Gasteiger partial charge in [-0.15, -0.1) is 0 Å². The van der Waals surface area contributed by atoms with Crippen molar-refractivity contribution in [2.24, 2.45) is 7.05 Å². The maximum atomic E-state index is 10.8. The van der Waals surface area contributed by atoms with Crippen molar-refractivity contribution >= 4 is 5.97 Å². The van der Waals surface area contributed by atoms with Gasteiger partial charge >= 0.3 is 0 Å². The molecule has 120 valence electrons. The van der Waals surface area contributed by atoms with Crippen LogP contribution in [0, 0.1) is 0 Å². The van der Waals surface area contributed by atoms with Gasteiger partial charge in [0.15, 0.2) is 0 Å². The number of aromatic nitrogens is 2. The van der Waals surface area contributed by atoms with Gasteiger partial charge in [0.1, 0.15) is 5.75 Å². The Morgan fingerprint density at radius 1 is 1.23 bits per heavy atom. The van der Waals surface area contributed by atoms with Crippen molar-refractivity contribution in [1.82, 2.24) is 9.78 Å². The minimum atomic E-state index is -1.24. The molecule has 0 aliphatic heterocycles. The zero-order valence-corrected chi connectivity index (χ0v) is 14.0. The number of carbonyl (C=O) groups excluding carboxylic acids is 1. The van der Waals surface area contributed by atoms with Crippen LogP contribution >= 0.6 is 0 Å². The highest BCUT2D eigenvalue weighted by Gasteiger charge is 2.08. The van der Waals surface area contributed by atoms with Gasteiger partial charge in [-0.2, -0.15) is 5.10 Å². The van der Waals surface area contributed by atoms with Crippen LogP contribution in [0.1, 0.15) is 10.5 Å². The fourth-order valence-electron chi connectivity index (χ4n) is 1.58. The van der Waals surface area contributed by atoms with E-state index in [1.807, 2.05) is 18.2 Å². The first-order valence-electron chi connectivity index (χ1n) is 6.80. The number of methoxy groups -OCH3 is 1. The lowest BCUT2D eigenvalue weighted by Crippen LogP contribution is -2.27. The number of rotatable bonds is 3. The molecule has 1 aromatic heterocycles. The molecule has 6 heteroatoms. The molecule has 0 saturated heterocycles. The number of benzene rings is 1. The van der Waals surface area contributed by atoms with Crippen LogP contribution in [-0.2, 0) is 7.05 Å². The summed E-state index contributed by atoms with van der Waals surface area (Å²) in [5.74, 6) is -0.544. The molecule has 0 fully saturated rings. The van der Waals surface area contributed by atoms with Crippen LogP contribution in [0.15, 0.2) is 30.3 Å². The van der Waals surface area contributed by atoms with E-state index in [4.69, 9.17) is 4.74 Å². The van der Waals surface area contributed by atoms with Gasteiger partial charge in [-0.1, -0.05) is 12.1 Å². The zero-order valence-electron chi connectivity index (χ0n) is 14.0. The summed E-state index contributed by atoms with van der Waals surface area (Å²) < 4.78 is 7.38. The zero-order chi connectivity index (χ0) is 16.9. The molecule has 0 amide bonds. The van der Waals surface area contributed by atoms with Gasteiger partial charge in [-0.3, -0.25) is 4.68 Å². The Kier molecular flexibility index (Phi) is 5.70. The number of aromatic carboxylic acids is 1. The average Bonchev–Trinajstić information content (AvgIpc) is 2.79. The van der Waals surface area contributed by atoms with Gasteiger partial charge in [0.05, 0.1) is 52.7 Å². The van der Waals surface area contributed by atoms with Crippen molar-refractivity contribution in [2.75, 3.05) is 35.3 Å². The summed E-state index contributed by atoms with van der Waals surface area (Å²) in [5.41, 5.74) is 1.42. The van der Waals surface area contributed by atoms with E-state index in [9.17, 15) is 9.90 Å². The third-order valence-electron chi connectivity index (χ3n) is 2.45. The first-order valence-corrected chi connectivity index (χ1v) is 6.80. The lowest BCUT2D eigenvalue weighted by atomic mass is 10.1. The second kappa shape index (κ2) is 7.09. The maximum absolute atomic E-state index is 10.8. The van der Waals surface area contributed by atoms with Crippen molar-refractivity contribution in [3.8, 4) is 17.0 Å². The van der Waals surface area contributed by atoms with Crippen LogP contribution in [0.2, 0.25) is 0 Å². The minimum absolute atomic E-state index is 0.0443. The summed E-state index contributed by atoms with van der Waals surface area (Å²) in [7, 11) is 11.6. The Labute approximate surface area is 131 Å². The molecule has 0 unspecified atom stereocenters. The highest BCUT2D eigenvalue weighted by Crippen LogP contribution is 2.23. The smallest absolute Gasteiger partial charge is 0.119 e. The largest absolute Gasteiger partial charge is 0.543 e. The van der Waals surface area contributed by atoms with Gasteiger partial charge < -0.3 is 19.1 Å². The number of carbonyl (C=O) groups is 1. The maximum Gasteiger partial charge on any atom is 0.119 e. The fourth-order valence-corrected chi connectivity index (χ4v) is 1.58. The molecule has 0 atom stereocenters. The van der Waals surface area contributed by atoms with E-state index in [-0.39, 0.29) is 5.69 Å². The van der Waals surface area contributed by atoms with E-state index >= 15 is 0 Å². The number of hydrogen-bond acceptors (Lipinski definition) is 4. The van der Waals surface area contributed by atoms with Gasteiger partial charge in [0.25, 0.3) is 0 Å². The average molecular weight is 305 g/mol. The minimum Gasteiger partial charge on any atom is -0.543 e. The standard InChI is InChI=1S/C12H12N2O3.C4H12N/c1-14-11(12(15)16)7-10(13-14)8-4-3-5-9(6-8)17-2;1-5(2,3)4/h3-7H,1-2H3,(H,15,16);1-4H3/q;+1/p-1. The lowest BCUT2D eigenvalue weighted by molar-refractivity contribution is -0.849. The van der Waals surface area contributed by atoms with Crippen LogP contribution < -0.4 is 9.84 Å². The Balaban J connectivity index is 0.000000422. The fraction of sp³-hybridized carbons (Fsp3) is 0.375. The number of hydrogen-bond donors (Lipinski definition) is 0. The van der Waals surface area contributed by atoms with Crippen LogP contribution in [0.5, 0.6) is 5.75 Å². The van der Waals surface area contributed by atoms with Crippen molar-refractivity contribution in [3.63, 3.8) is 0 Å². The van der Waals surface area contributed by atoms with E-state index in [1.54, 1.807) is 20.2 Å². The molecule has 1 heterocycles. The summed E-state index contributed by atoms with van der Waals surface area (Å²) in [4.78, 5) is 10.8. The Morgan fingerprint density at radius 2 is 1.82 bits per heavy atom. The van der Waals surface area contributed by atoms with Crippen molar-refractivity contribution in [1.29, 1.82) is 0 Å². The van der Waals surface area contributed by atoms with Crippen LogP contribution in [0.25, 0.3) is 11.3 Å². The molecule has 0 aliphatic rings. The first-order chi connectivity index (χ1) is 10.1. The molecule has 0 aliphatic carbocycles. The van der Waals surface area contributed by atoms with Crippen LogP contribution in [0.4, 0.5) is 0 Å². The lowest BCUT2D eigenvalue weighted by Gasteiger charge is -2.14. The monoisotopic (exact) mass is 305 g/mol. The topological polar surface area (TPSA) is 67.2 Å². The molecule has 0 saturated carbocycles. The Hall–Kier alpha value is -2.34. The molecule has 1 aromatic carbocycles. The Bertz CT molecular complexity index is 636. The normalized spacial score (nSPS) is 10.6. The van der Waals surface area contributed by atoms with E-state index in [0.29, 0.717) is 11.4 Å². The quantitative estimate of drug-likeness (QED) is 0.786. The number of quaternary nitrogens is 1. The van der Waals surface area contributed by atoms with Crippen molar-refractivity contribution < 1.29 is 19.1 Å². The molecule has 0 spiro atoms. The number of nitrogens with zero attached hydrogens (tertiary/aromatic N) is 3. The highest BCUT2D eigenvalue weighted by molar-refractivity contribution is 5.85. The third-order valence-corrected chi connectivity index (χ3v) is 2.45. The molecule has 0 bridgehead atoms. The van der Waals surface area contributed by atoms with E-state index < -0.39 is 5.97 Å². The van der Waals surface area contributed by atoms with Crippen LogP contribution in [0.3, 0.4) is 0 Å². The molecule has 0 N–H and O–H groups in total. The molecule has 6 nitrogen and oxygen atoms in total. The summed E-state index contributed by atoms with van der Waals surface area (Å²) in [6, 6.07) is 8.74. The third kappa shape index (κ3) is 5.57. The number of ether oxygens (including phenoxy) is 1. The van der Waals surface area contributed by atoms with Crippen molar-refractivity contribution in [3.05, 3.63) is 36.0 Å². The highest BCUT2D eigenvalue weighted by atomic mass is 16.5. The molecule has 0 radical (unpaired) electrons. The second-order valence-electron chi connectivity index (χ2n) is 6.24. The molecule has 2 rings (SSSR count). The molecular weight excluding hydrogens is 282 g/mol. The summed E-state index contributed by atoms with van der Waals surface area (Å²) in [6.45, 7) is 0. The van der Waals surface area contributed by atoms with Gasteiger partial charge in [0.2, 0.25) is 0 Å². The van der Waals surface area contributed by atoms with Gasteiger partial charge in [-0.05, 0) is 18.2 Å². The predicted molar refractivity (Wildman–Crippen MR) is 83.5 cm³/mol. The van der Waals surface area contributed by atoms with E-state index in [2.05, 4.69) is 33.3 Å². The summed E-state index contributed by atoms with van der Waals surface area (Å²) >= 11 is 0. The number of carboxylic acids is 1. The SMILES string of the molecule is COc1cccc(-c2cc(C(=O)[O-])n(C)n2)c1.C[N+](C)(C)C. The summed E-state index contributed by atoms with van der Waals surface area (Å²) in [5, 5.41) is 14.9. The van der Waals surface area contributed by atoms with Crippen LogP contribution in [-0.4, -0.2) is 55.5 Å². The van der Waals surface area contributed by atoms with Gasteiger partial charge in [-0.25, -0.2) is 0 Å². The molecule has 22 heavy (non-hydrogen) atoms. The second-order valence-corrected chi connectivity index (χ2v) is 6.24. The molecule has 2 aromatic rings. The predicted octanol–water partition coefficient (Wildman–Crippen LogP) is 0.782. The van der Waals surface area contributed by atoms with E-state index in [0.717, 1.165) is 10.0 Å². The van der Waals surface area contributed by atoms with E-state index in [1.165, 1.54) is 10.7 Å². The molecular formula is C16H23N3O3. The Morgan fingerprint density at radius 3 is 2.27 bits per heavy atom.